The van der Waals surface area contributed by atoms with Gasteiger partial charge in [0.15, 0.2) is 11.6 Å². The molecule has 108 valence electrons. The van der Waals surface area contributed by atoms with E-state index in [1.54, 1.807) is 18.3 Å². The first kappa shape index (κ1) is 14.5. The van der Waals surface area contributed by atoms with Gasteiger partial charge in [0.2, 0.25) is 0 Å². The van der Waals surface area contributed by atoms with Crippen molar-refractivity contribution in [1.29, 1.82) is 0 Å². The lowest BCUT2D eigenvalue weighted by Crippen LogP contribution is -2.28. The zero-order valence-electron chi connectivity index (χ0n) is 11.8. The monoisotopic (exact) mass is 320 g/mol. The quantitative estimate of drug-likeness (QED) is 0.770. The van der Waals surface area contributed by atoms with Gasteiger partial charge in [0, 0.05) is 18.2 Å². The van der Waals surface area contributed by atoms with Gasteiger partial charge in [-0.2, -0.15) is 0 Å². The largest absolute Gasteiger partial charge is 0.294 e. The molecule has 1 aliphatic rings. The van der Waals surface area contributed by atoms with Crippen LogP contribution in [0.3, 0.4) is 0 Å². The van der Waals surface area contributed by atoms with Gasteiger partial charge >= 0.3 is 0 Å². The Morgan fingerprint density at radius 3 is 2.62 bits per heavy atom. The Hall–Kier alpha value is -1.45. The summed E-state index contributed by atoms with van der Waals surface area (Å²) in [6.07, 6.45) is 2.93. The highest BCUT2D eigenvalue weighted by atomic mass is 35.5. The number of rotatable bonds is 1. The van der Waals surface area contributed by atoms with E-state index in [-0.39, 0.29) is 11.2 Å². The summed E-state index contributed by atoms with van der Waals surface area (Å²) in [5.74, 6) is 0.680. The summed E-state index contributed by atoms with van der Waals surface area (Å²) in [7, 11) is 0. The highest BCUT2D eigenvalue weighted by Gasteiger charge is 2.32. The number of hydrogen-bond donors (Lipinski definition) is 0. The van der Waals surface area contributed by atoms with Crippen molar-refractivity contribution in [3.8, 4) is 11.4 Å². The smallest absolute Gasteiger partial charge is 0.166 e. The van der Waals surface area contributed by atoms with Crippen molar-refractivity contribution < 1.29 is 4.79 Å². The van der Waals surface area contributed by atoms with E-state index in [9.17, 15) is 4.79 Å². The minimum atomic E-state index is -0.0622. The second-order valence-electron chi connectivity index (χ2n) is 6.12. The van der Waals surface area contributed by atoms with Gasteiger partial charge in [-0.25, -0.2) is 9.97 Å². The average molecular weight is 321 g/mol. The Kier molecular flexibility index (Phi) is 3.50. The number of carbonyl (C=O) groups excluding carboxylic acids is 1. The molecule has 5 heteroatoms. The molecule has 0 aliphatic heterocycles. The summed E-state index contributed by atoms with van der Waals surface area (Å²) in [5.41, 5.74) is 2.18. The zero-order chi connectivity index (χ0) is 15.2. The molecule has 1 aromatic carbocycles. The number of ketones is 1. The van der Waals surface area contributed by atoms with Gasteiger partial charge < -0.3 is 0 Å². The summed E-state index contributed by atoms with van der Waals surface area (Å²) in [5, 5.41) is 0.960. The number of fused-ring (bicyclic) bond motifs is 1. The van der Waals surface area contributed by atoms with Crippen molar-refractivity contribution >= 4 is 29.0 Å². The third kappa shape index (κ3) is 2.81. The zero-order valence-corrected chi connectivity index (χ0v) is 13.3. The Bertz CT molecular complexity index is 741. The molecule has 3 nitrogen and oxygen atoms in total. The molecule has 0 radical (unpaired) electrons. The molecule has 0 unspecified atom stereocenters. The minimum Gasteiger partial charge on any atom is -0.294 e. The Morgan fingerprint density at radius 2 is 1.90 bits per heavy atom. The molecule has 0 N–H and O–H groups in total. The van der Waals surface area contributed by atoms with Crippen LogP contribution in [-0.2, 0) is 6.42 Å². The van der Waals surface area contributed by atoms with E-state index in [0.717, 1.165) is 17.7 Å². The first-order valence-corrected chi connectivity index (χ1v) is 7.46. The number of carbonyl (C=O) groups is 1. The van der Waals surface area contributed by atoms with Crippen LogP contribution in [0.15, 0.2) is 24.4 Å². The number of hydrogen-bond acceptors (Lipinski definition) is 3. The summed E-state index contributed by atoms with van der Waals surface area (Å²) in [6, 6.07) is 5.28. The van der Waals surface area contributed by atoms with E-state index < -0.39 is 0 Å². The molecular weight excluding hydrogens is 307 g/mol. The fraction of sp³-hybridized carbons (Fsp3) is 0.312. The van der Waals surface area contributed by atoms with Gasteiger partial charge in [-0.15, -0.1) is 0 Å². The van der Waals surface area contributed by atoms with Crippen LogP contribution >= 0.6 is 23.2 Å². The Morgan fingerprint density at radius 1 is 1.14 bits per heavy atom. The van der Waals surface area contributed by atoms with Gasteiger partial charge in [-0.1, -0.05) is 37.0 Å². The maximum Gasteiger partial charge on any atom is 0.166 e. The maximum atomic E-state index is 12.1. The van der Waals surface area contributed by atoms with E-state index in [0.29, 0.717) is 27.9 Å². The predicted octanol–water partition coefficient (Wildman–Crippen LogP) is 4.61. The van der Waals surface area contributed by atoms with Crippen molar-refractivity contribution in [3.63, 3.8) is 0 Å². The SMILES string of the molecule is CC1(C)CC(=O)c2cnc(-c3ccc(Cl)c(Cl)c3)nc2C1. The molecule has 1 aliphatic carbocycles. The van der Waals surface area contributed by atoms with Crippen LogP contribution in [-0.4, -0.2) is 15.8 Å². The van der Waals surface area contributed by atoms with Crippen molar-refractivity contribution in [2.45, 2.75) is 26.7 Å². The maximum absolute atomic E-state index is 12.1. The molecule has 1 aromatic heterocycles. The van der Waals surface area contributed by atoms with Crippen LogP contribution in [0.25, 0.3) is 11.4 Å². The Balaban J connectivity index is 2.07. The Labute approximate surface area is 133 Å². The first-order chi connectivity index (χ1) is 9.85. The average Bonchev–Trinajstić information content (AvgIpc) is 2.40. The standard InChI is InChI=1S/C16H14Cl2N2O/c1-16(2)6-13-10(14(21)7-16)8-19-15(20-13)9-3-4-11(17)12(18)5-9/h3-5,8H,6-7H2,1-2H3. The molecule has 0 bridgehead atoms. The van der Waals surface area contributed by atoms with E-state index in [4.69, 9.17) is 23.2 Å². The third-order valence-corrected chi connectivity index (χ3v) is 4.37. The molecule has 21 heavy (non-hydrogen) atoms. The molecule has 0 saturated heterocycles. The lowest BCUT2D eigenvalue weighted by atomic mass is 9.76. The van der Waals surface area contributed by atoms with Gasteiger partial charge in [-0.05, 0) is 30.0 Å². The molecule has 3 rings (SSSR count). The first-order valence-electron chi connectivity index (χ1n) is 6.70. The van der Waals surface area contributed by atoms with Gasteiger partial charge in [0.1, 0.15) is 0 Å². The van der Waals surface area contributed by atoms with E-state index >= 15 is 0 Å². The van der Waals surface area contributed by atoms with Crippen LogP contribution in [0.5, 0.6) is 0 Å². The second-order valence-corrected chi connectivity index (χ2v) is 6.94. The van der Waals surface area contributed by atoms with Gasteiger partial charge in [-0.3, -0.25) is 4.79 Å². The second kappa shape index (κ2) is 5.08. The van der Waals surface area contributed by atoms with Crippen LogP contribution in [0.2, 0.25) is 10.0 Å². The highest BCUT2D eigenvalue weighted by Crippen LogP contribution is 2.34. The fourth-order valence-electron chi connectivity index (χ4n) is 2.60. The number of nitrogens with zero attached hydrogens (tertiary/aromatic N) is 2. The molecule has 0 amide bonds. The number of benzene rings is 1. The summed E-state index contributed by atoms with van der Waals surface area (Å²) in [6.45, 7) is 4.16. The molecule has 0 spiro atoms. The van der Waals surface area contributed by atoms with Crippen LogP contribution in [0, 0.1) is 5.41 Å². The topological polar surface area (TPSA) is 42.9 Å². The normalized spacial score (nSPS) is 16.7. The van der Waals surface area contributed by atoms with Crippen molar-refractivity contribution in [1.82, 2.24) is 9.97 Å². The lowest BCUT2D eigenvalue weighted by Gasteiger charge is -2.29. The van der Waals surface area contributed by atoms with Crippen LogP contribution in [0.4, 0.5) is 0 Å². The molecule has 0 saturated carbocycles. The number of halogens is 2. The van der Waals surface area contributed by atoms with E-state index in [1.807, 2.05) is 6.07 Å². The summed E-state index contributed by atoms with van der Waals surface area (Å²) in [4.78, 5) is 21.0. The van der Waals surface area contributed by atoms with E-state index in [2.05, 4.69) is 23.8 Å². The van der Waals surface area contributed by atoms with Crippen LogP contribution < -0.4 is 0 Å². The third-order valence-electron chi connectivity index (χ3n) is 3.63. The number of Topliss-reactive ketones (excluding diaryl/α,β-unsaturated/α-hetero) is 1. The molecule has 0 atom stereocenters. The fourth-order valence-corrected chi connectivity index (χ4v) is 2.90. The molecule has 2 aromatic rings. The molecular formula is C16H14Cl2N2O. The molecule has 1 heterocycles. The summed E-state index contributed by atoms with van der Waals surface area (Å²) < 4.78 is 0. The predicted molar refractivity (Wildman–Crippen MR) is 83.9 cm³/mol. The van der Waals surface area contributed by atoms with Gasteiger partial charge in [0.25, 0.3) is 0 Å². The number of aromatic nitrogens is 2. The van der Waals surface area contributed by atoms with Crippen molar-refractivity contribution in [2.75, 3.05) is 0 Å². The summed E-state index contributed by atoms with van der Waals surface area (Å²) >= 11 is 12.0. The van der Waals surface area contributed by atoms with Crippen molar-refractivity contribution in [2.24, 2.45) is 5.41 Å². The van der Waals surface area contributed by atoms with E-state index in [1.165, 1.54) is 0 Å². The highest BCUT2D eigenvalue weighted by molar-refractivity contribution is 6.42. The lowest BCUT2D eigenvalue weighted by molar-refractivity contribution is 0.0910. The molecule has 0 fully saturated rings. The minimum absolute atomic E-state index is 0.0622. The van der Waals surface area contributed by atoms with Crippen molar-refractivity contribution in [3.05, 3.63) is 45.7 Å². The van der Waals surface area contributed by atoms with Crippen LogP contribution in [0.1, 0.15) is 36.3 Å². The van der Waals surface area contributed by atoms with Gasteiger partial charge in [0.05, 0.1) is 21.3 Å².